The molecule has 24 heavy (non-hydrogen) atoms. The average molecular weight is 352 g/mol. The Balaban J connectivity index is 1.54. The summed E-state index contributed by atoms with van der Waals surface area (Å²) in [6.07, 6.45) is 3.87. The number of fused-ring (bicyclic) bond motifs is 10. The number of hydrogen-bond donors (Lipinski definition) is 0. The van der Waals surface area contributed by atoms with Gasteiger partial charge in [0.1, 0.15) is 23.0 Å². The quantitative estimate of drug-likeness (QED) is 0.376. The van der Waals surface area contributed by atoms with E-state index >= 15 is 0 Å². The molecule has 4 aromatic rings. The van der Waals surface area contributed by atoms with Crippen LogP contribution in [0.4, 0.5) is 0 Å². The average Bonchev–Trinajstić information content (AvgIpc) is 3.37. The van der Waals surface area contributed by atoms with Crippen molar-refractivity contribution in [1.29, 1.82) is 0 Å². The van der Waals surface area contributed by atoms with Crippen LogP contribution in [0.1, 0.15) is 21.3 Å². The van der Waals surface area contributed by atoms with Crippen LogP contribution in [0.2, 0.25) is 0 Å². The fourth-order valence-electron chi connectivity index (χ4n) is 3.07. The first kappa shape index (κ1) is 14.3. The summed E-state index contributed by atoms with van der Waals surface area (Å²) in [5.41, 5.74) is 0. The minimum Gasteiger partial charge on any atom is -0.460 e. The second-order valence-corrected chi connectivity index (χ2v) is 8.40. The Morgan fingerprint density at radius 1 is 0.542 bits per heavy atom. The van der Waals surface area contributed by atoms with Gasteiger partial charge in [0, 0.05) is 22.6 Å². The van der Waals surface area contributed by atoms with Gasteiger partial charge in [0.15, 0.2) is 0 Å². The molecule has 0 saturated heterocycles. The second kappa shape index (κ2) is 5.80. The van der Waals surface area contributed by atoms with Gasteiger partial charge in [-0.05, 0) is 61.4 Å². The molecule has 1 aliphatic rings. The molecule has 1 aliphatic heterocycles. The Morgan fingerprint density at radius 2 is 1.04 bits per heavy atom. The summed E-state index contributed by atoms with van der Waals surface area (Å²) in [7, 11) is 0. The van der Waals surface area contributed by atoms with Gasteiger partial charge < -0.3 is 8.83 Å². The van der Waals surface area contributed by atoms with Gasteiger partial charge in [0.25, 0.3) is 0 Å². The van der Waals surface area contributed by atoms with Crippen LogP contribution in [0.3, 0.4) is 0 Å². The van der Waals surface area contributed by atoms with Crippen LogP contribution in [0, 0.1) is 0 Å². The summed E-state index contributed by atoms with van der Waals surface area (Å²) in [5.74, 6) is 4.09. The van der Waals surface area contributed by atoms with Crippen molar-refractivity contribution in [3.63, 3.8) is 0 Å². The van der Waals surface area contributed by atoms with Crippen LogP contribution in [0.15, 0.2) is 57.4 Å². The topological polar surface area (TPSA) is 26.3 Å². The monoisotopic (exact) mass is 352 g/mol. The maximum absolute atomic E-state index is 6.05. The van der Waals surface area contributed by atoms with E-state index in [1.807, 2.05) is 22.7 Å². The van der Waals surface area contributed by atoms with Gasteiger partial charge >= 0.3 is 0 Å². The maximum atomic E-state index is 6.05. The number of rotatable bonds is 0. The summed E-state index contributed by atoms with van der Waals surface area (Å²) < 4.78 is 12.1. The molecule has 0 aliphatic carbocycles. The van der Waals surface area contributed by atoms with Crippen LogP contribution in [-0.4, -0.2) is 0 Å². The molecular weight excluding hydrogens is 336 g/mol. The third-order valence-corrected chi connectivity index (χ3v) is 6.69. The highest BCUT2D eigenvalue weighted by Gasteiger charge is 2.12. The lowest BCUT2D eigenvalue weighted by Gasteiger charge is -1.98. The molecular formula is C20H16O2S2. The molecule has 0 atom stereocenters. The Hall–Kier alpha value is -2.04. The minimum atomic E-state index is 0.932. The molecule has 0 spiro atoms. The fourth-order valence-corrected chi connectivity index (χ4v) is 5.01. The Labute approximate surface area is 148 Å². The van der Waals surface area contributed by atoms with Gasteiger partial charge in [-0.1, -0.05) is 0 Å². The molecule has 0 fully saturated rings. The predicted molar refractivity (Wildman–Crippen MR) is 98.9 cm³/mol. The largest absolute Gasteiger partial charge is 0.460 e. The summed E-state index contributed by atoms with van der Waals surface area (Å²) in [6, 6.07) is 17.2. The number of thiophene rings is 2. The lowest BCUT2D eigenvalue weighted by atomic mass is 10.2. The van der Waals surface area contributed by atoms with Crippen molar-refractivity contribution in [1.82, 2.24) is 0 Å². The molecule has 5 heterocycles. The normalized spacial score (nSPS) is 14.0. The van der Waals surface area contributed by atoms with E-state index in [2.05, 4.69) is 48.5 Å². The summed E-state index contributed by atoms with van der Waals surface area (Å²) in [4.78, 5) is 5.15. The molecule has 0 aromatic carbocycles. The zero-order valence-corrected chi connectivity index (χ0v) is 14.7. The molecule has 0 unspecified atom stereocenters. The zero-order valence-electron chi connectivity index (χ0n) is 13.1. The molecule has 4 heteroatoms. The zero-order chi connectivity index (χ0) is 15.9. The Morgan fingerprint density at radius 3 is 1.54 bits per heavy atom. The molecule has 5 rings (SSSR count). The summed E-state index contributed by atoms with van der Waals surface area (Å²) >= 11 is 3.63. The lowest BCUT2D eigenvalue weighted by molar-refractivity contribution is 0.523. The second-order valence-electron chi connectivity index (χ2n) is 6.06. The fraction of sp³-hybridized carbons (Fsp3) is 0.200. The molecule has 0 N–H and O–H groups in total. The summed E-state index contributed by atoms with van der Waals surface area (Å²) in [6.45, 7) is 0. The number of furan rings is 2. The number of aryl methyl sites for hydroxylation is 4. The van der Waals surface area contributed by atoms with Crippen molar-refractivity contribution in [2.45, 2.75) is 25.7 Å². The highest BCUT2D eigenvalue weighted by Crippen LogP contribution is 2.33. The third kappa shape index (κ3) is 2.66. The standard InChI is InChI=1S/C20H16O2S2/c1-5-15-7-11-20(23-15)18-10-4-14(22-18)2-6-16-8-12-19(24-16)17-9-3-13(1)21-17/h3-4,7-12H,1-2,5-6H2. The molecule has 0 saturated carbocycles. The van der Waals surface area contributed by atoms with Crippen LogP contribution in [0.5, 0.6) is 0 Å². The van der Waals surface area contributed by atoms with Crippen LogP contribution in [-0.2, 0) is 25.7 Å². The van der Waals surface area contributed by atoms with Crippen molar-refractivity contribution in [3.8, 4) is 21.3 Å². The van der Waals surface area contributed by atoms with E-state index in [-0.39, 0.29) is 0 Å². The first-order chi connectivity index (χ1) is 11.8. The van der Waals surface area contributed by atoms with Crippen molar-refractivity contribution < 1.29 is 8.83 Å². The minimum absolute atomic E-state index is 0.932. The molecule has 0 radical (unpaired) electrons. The van der Waals surface area contributed by atoms with E-state index in [0.29, 0.717) is 0 Å². The van der Waals surface area contributed by atoms with Crippen LogP contribution in [0.25, 0.3) is 21.3 Å². The van der Waals surface area contributed by atoms with Crippen LogP contribution < -0.4 is 0 Å². The SMILES string of the molecule is c1cc2oc1CCc1ccc(s1)-c1ccc(o1)CCc1ccc-2s1. The van der Waals surface area contributed by atoms with Gasteiger partial charge in [0.2, 0.25) is 0 Å². The molecule has 4 aromatic heterocycles. The van der Waals surface area contributed by atoms with E-state index < -0.39 is 0 Å². The van der Waals surface area contributed by atoms with E-state index in [0.717, 1.165) is 48.7 Å². The Kier molecular flexibility index (Phi) is 3.46. The van der Waals surface area contributed by atoms with E-state index in [1.165, 1.54) is 19.5 Å². The first-order valence-electron chi connectivity index (χ1n) is 8.19. The highest BCUT2D eigenvalue weighted by molar-refractivity contribution is 7.15. The molecule has 120 valence electrons. The molecule has 0 amide bonds. The molecule has 2 nitrogen and oxygen atoms in total. The highest BCUT2D eigenvalue weighted by atomic mass is 32.1. The maximum Gasteiger partial charge on any atom is 0.144 e. The molecule has 8 bridgehead atoms. The van der Waals surface area contributed by atoms with E-state index in [1.54, 1.807) is 0 Å². The van der Waals surface area contributed by atoms with Gasteiger partial charge in [-0.15, -0.1) is 22.7 Å². The third-order valence-electron chi connectivity index (χ3n) is 4.37. The lowest BCUT2D eigenvalue weighted by Crippen LogP contribution is -1.85. The van der Waals surface area contributed by atoms with Crippen molar-refractivity contribution in [2.24, 2.45) is 0 Å². The first-order valence-corrected chi connectivity index (χ1v) is 9.82. The van der Waals surface area contributed by atoms with Gasteiger partial charge in [-0.3, -0.25) is 0 Å². The van der Waals surface area contributed by atoms with E-state index in [4.69, 9.17) is 8.83 Å². The predicted octanol–water partition coefficient (Wildman–Crippen LogP) is 6.21. The van der Waals surface area contributed by atoms with Gasteiger partial charge in [-0.25, -0.2) is 0 Å². The van der Waals surface area contributed by atoms with E-state index in [9.17, 15) is 0 Å². The number of hydrogen-bond acceptors (Lipinski definition) is 4. The van der Waals surface area contributed by atoms with Gasteiger partial charge in [0.05, 0.1) is 9.75 Å². The van der Waals surface area contributed by atoms with Crippen molar-refractivity contribution in [2.75, 3.05) is 0 Å². The van der Waals surface area contributed by atoms with Crippen molar-refractivity contribution in [3.05, 3.63) is 69.8 Å². The van der Waals surface area contributed by atoms with Crippen LogP contribution >= 0.6 is 22.7 Å². The summed E-state index contributed by atoms with van der Waals surface area (Å²) in [5, 5.41) is 0. The van der Waals surface area contributed by atoms with Gasteiger partial charge in [-0.2, -0.15) is 0 Å². The smallest absolute Gasteiger partial charge is 0.144 e. The Bertz CT molecular complexity index is 822. The van der Waals surface area contributed by atoms with Crippen molar-refractivity contribution >= 4 is 22.7 Å².